The molecule has 1 unspecified atom stereocenters. The van der Waals surface area contributed by atoms with Crippen molar-refractivity contribution in [2.45, 2.75) is 141 Å². The van der Waals surface area contributed by atoms with Gasteiger partial charge in [0.2, 0.25) is 29.5 Å². The molecule has 348 valence electrons. The zero-order valence-electron chi connectivity index (χ0n) is 38.0. The van der Waals surface area contributed by atoms with Crippen LogP contribution in [0.3, 0.4) is 0 Å². The van der Waals surface area contributed by atoms with E-state index in [9.17, 15) is 38.7 Å². The van der Waals surface area contributed by atoms with E-state index in [1.165, 1.54) is 7.11 Å². The molecule has 3 rings (SSSR count). The van der Waals surface area contributed by atoms with Crippen molar-refractivity contribution in [1.29, 1.82) is 0 Å². The number of ether oxygens (including phenoxy) is 2. The third-order valence-electron chi connectivity index (χ3n) is 11.0. The first-order chi connectivity index (χ1) is 29.7. The first-order valence-electron chi connectivity index (χ1n) is 21.8. The molecule has 0 bridgehead atoms. The van der Waals surface area contributed by atoms with Gasteiger partial charge >= 0.3 is 12.1 Å². The summed E-state index contributed by atoms with van der Waals surface area (Å²) in [4.78, 5) is 94.8. The molecule has 1 saturated heterocycles. The predicted octanol–water partition coefficient (Wildman–Crippen LogP) is 2.27. The number of aliphatic hydroxyl groups is 1. The molecule has 0 aromatic heterocycles. The number of rotatable bonds is 23. The molecule has 1 aliphatic heterocycles. The molecule has 17 nitrogen and oxygen atoms in total. The van der Waals surface area contributed by atoms with Gasteiger partial charge < -0.3 is 46.9 Å². The molecule has 0 saturated carbocycles. The van der Waals surface area contributed by atoms with Gasteiger partial charge in [0.1, 0.15) is 29.8 Å². The van der Waals surface area contributed by atoms with Crippen molar-refractivity contribution in [1.82, 2.24) is 31.5 Å². The minimum atomic E-state index is -1.48. The van der Waals surface area contributed by atoms with Gasteiger partial charge in [0.15, 0.2) is 0 Å². The number of nitrogens with two attached hydrogens (primary N) is 1. The number of esters is 1. The van der Waals surface area contributed by atoms with Crippen LogP contribution in [-0.2, 0) is 51.1 Å². The first-order valence-corrected chi connectivity index (χ1v) is 21.8. The summed E-state index contributed by atoms with van der Waals surface area (Å²) in [6.45, 7) is 12.7. The van der Waals surface area contributed by atoms with Gasteiger partial charge in [-0.3, -0.25) is 28.9 Å². The zero-order chi connectivity index (χ0) is 46.9. The summed E-state index contributed by atoms with van der Waals surface area (Å²) in [5, 5.41) is 25.5. The number of methoxy groups -OCH3 is 1. The average Bonchev–Trinajstić information content (AvgIpc) is 3.70. The molecule has 1 aliphatic rings. The fourth-order valence-corrected chi connectivity index (χ4v) is 7.32. The van der Waals surface area contributed by atoms with Crippen LogP contribution in [0, 0.1) is 11.8 Å². The van der Waals surface area contributed by atoms with Crippen LogP contribution in [0.2, 0.25) is 0 Å². The lowest BCUT2D eigenvalue weighted by Gasteiger charge is -2.33. The lowest BCUT2D eigenvalue weighted by atomic mass is 9.96. The Bertz CT molecular complexity index is 1820. The molecular formula is C46H69N7O10. The maximum absolute atomic E-state index is 14.1. The lowest BCUT2D eigenvalue weighted by molar-refractivity contribution is -0.147. The Morgan fingerprint density at radius 3 is 1.97 bits per heavy atom. The van der Waals surface area contributed by atoms with Crippen molar-refractivity contribution in [3.63, 3.8) is 0 Å². The molecule has 2 aromatic rings. The Kier molecular flexibility index (Phi) is 20.5. The van der Waals surface area contributed by atoms with E-state index >= 15 is 0 Å². The SMILES string of the molecule is CC[C@H](C)[C@H](NC(=O)C1CCCN1C[C@@H](O)[C@H](Cc1ccccc1)NC(=O)[C@H](CC(N)=O)NC(=O)[C@H](CCc1ccccc1)NC(=O)OC(C)(C)C)C(=O)N[C@H](C(=O)OC)C(C)C. The van der Waals surface area contributed by atoms with E-state index in [2.05, 4.69) is 26.6 Å². The summed E-state index contributed by atoms with van der Waals surface area (Å²) in [6, 6.07) is 12.2. The third-order valence-corrected chi connectivity index (χ3v) is 11.0. The number of primary amides is 1. The second kappa shape index (κ2) is 24.9. The number of carbonyl (C=O) groups excluding carboxylic acids is 7. The van der Waals surface area contributed by atoms with Crippen LogP contribution >= 0.6 is 0 Å². The van der Waals surface area contributed by atoms with Gasteiger partial charge in [-0.25, -0.2) is 9.59 Å². The normalized spacial score (nSPS) is 17.5. The van der Waals surface area contributed by atoms with Crippen LogP contribution in [0.1, 0.15) is 91.7 Å². The summed E-state index contributed by atoms with van der Waals surface area (Å²) in [7, 11) is 1.24. The van der Waals surface area contributed by atoms with Crippen molar-refractivity contribution in [3.8, 4) is 0 Å². The fourth-order valence-electron chi connectivity index (χ4n) is 7.32. The van der Waals surface area contributed by atoms with Gasteiger partial charge in [-0.15, -0.1) is 0 Å². The van der Waals surface area contributed by atoms with E-state index in [-0.39, 0.29) is 31.2 Å². The van der Waals surface area contributed by atoms with Crippen LogP contribution in [0.15, 0.2) is 60.7 Å². The van der Waals surface area contributed by atoms with Crippen molar-refractivity contribution >= 4 is 41.6 Å². The molecule has 0 spiro atoms. The molecule has 8 atom stereocenters. The van der Waals surface area contributed by atoms with E-state index < -0.39 is 96.0 Å². The summed E-state index contributed by atoms with van der Waals surface area (Å²) in [6.07, 6.45) is -0.407. The highest BCUT2D eigenvalue weighted by atomic mass is 16.6. The highest BCUT2D eigenvalue weighted by Gasteiger charge is 2.39. The van der Waals surface area contributed by atoms with Crippen LogP contribution in [0.5, 0.6) is 0 Å². The standard InChI is InChI=1S/C46H69N7O10/c1-9-29(4)39(43(59)51-38(28(2)3)44(60)62-8)52-42(58)35-21-16-24-53(35)27-36(54)33(25-31-19-14-11-15-20-31)48-41(57)34(26-37(47)55)49-40(56)32(50-45(61)63-46(5,6)7)23-22-30-17-12-10-13-18-30/h10-15,17-20,28-29,32-36,38-39,54H,9,16,21-27H2,1-8H3,(H2,47,55)(H,48,57)(H,49,56)(H,50,61)(H,51,59)(H,52,58)/t29-,32-,33-,34-,35?,36+,38-,39-/m0/s1. The molecule has 8 N–H and O–H groups in total. The summed E-state index contributed by atoms with van der Waals surface area (Å²) in [5.41, 5.74) is 6.38. The maximum Gasteiger partial charge on any atom is 0.408 e. The van der Waals surface area contributed by atoms with E-state index in [1.807, 2.05) is 74.5 Å². The molecule has 6 amide bonds. The van der Waals surface area contributed by atoms with E-state index in [1.54, 1.807) is 39.5 Å². The Hall–Kier alpha value is -5.55. The Morgan fingerprint density at radius 2 is 1.41 bits per heavy atom. The number of nitrogens with one attached hydrogen (secondary N) is 5. The van der Waals surface area contributed by atoms with Crippen LogP contribution in [-0.4, -0.2) is 120 Å². The molecule has 2 aromatic carbocycles. The Labute approximate surface area is 371 Å². The highest BCUT2D eigenvalue weighted by Crippen LogP contribution is 2.21. The molecule has 17 heteroatoms. The van der Waals surface area contributed by atoms with Crippen molar-refractivity contribution < 1.29 is 48.1 Å². The highest BCUT2D eigenvalue weighted by molar-refractivity contribution is 5.94. The number of amides is 6. The maximum atomic E-state index is 14.1. The minimum absolute atomic E-state index is 0.0535. The molecule has 1 heterocycles. The molecule has 0 radical (unpaired) electrons. The number of hydrogen-bond donors (Lipinski definition) is 7. The number of likely N-dealkylation sites (tertiary alicyclic amines) is 1. The number of hydrogen-bond acceptors (Lipinski definition) is 11. The number of aliphatic hydroxyl groups excluding tert-OH is 1. The Morgan fingerprint density at radius 1 is 0.810 bits per heavy atom. The summed E-state index contributed by atoms with van der Waals surface area (Å²) < 4.78 is 10.3. The van der Waals surface area contributed by atoms with E-state index in [4.69, 9.17) is 15.2 Å². The number of β-amino-alcohol motifs (C(OH)–C–C–N with tert-alkyl or cyclic N) is 1. The van der Waals surface area contributed by atoms with Gasteiger partial charge in [-0.1, -0.05) is 94.8 Å². The van der Waals surface area contributed by atoms with Crippen molar-refractivity contribution in [2.75, 3.05) is 20.2 Å². The molecular weight excluding hydrogens is 811 g/mol. The Balaban J connectivity index is 1.83. The van der Waals surface area contributed by atoms with E-state index in [0.717, 1.165) is 11.1 Å². The second-order valence-corrected chi connectivity index (χ2v) is 17.6. The van der Waals surface area contributed by atoms with Gasteiger partial charge in [0, 0.05) is 6.54 Å². The van der Waals surface area contributed by atoms with Crippen molar-refractivity contribution in [3.05, 3.63) is 71.8 Å². The monoisotopic (exact) mass is 880 g/mol. The van der Waals surface area contributed by atoms with Crippen molar-refractivity contribution in [2.24, 2.45) is 17.6 Å². The van der Waals surface area contributed by atoms with Crippen LogP contribution < -0.4 is 32.3 Å². The summed E-state index contributed by atoms with van der Waals surface area (Å²) >= 11 is 0. The second-order valence-electron chi connectivity index (χ2n) is 17.6. The lowest BCUT2D eigenvalue weighted by Crippen LogP contribution is -2.59. The number of carbonyl (C=O) groups is 7. The third kappa shape index (κ3) is 17.3. The number of nitrogens with zero attached hydrogens (tertiary/aromatic N) is 1. The topological polar surface area (TPSA) is 248 Å². The number of aryl methyl sites for hydroxylation is 1. The van der Waals surface area contributed by atoms with Gasteiger partial charge in [-0.05, 0) is 82.4 Å². The van der Waals surface area contributed by atoms with Crippen LogP contribution in [0.4, 0.5) is 4.79 Å². The van der Waals surface area contributed by atoms with Gasteiger partial charge in [0.05, 0.1) is 31.7 Å². The molecule has 1 fully saturated rings. The average molecular weight is 880 g/mol. The van der Waals surface area contributed by atoms with Gasteiger partial charge in [0.25, 0.3) is 0 Å². The molecule has 0 aliphatic carbocycles. The first kappa shape index (κ1) is 51.8. The summed E-state index contributed by atoms with van der Waals surface area (Å²) in [5.74, 6) is -4.52. The predicted molar refractivity (Wildman–Crippen MR) is 237 cm³/mol. The zero-order valence-corrected chi connectivity index (χ0v) is 38.0. The van der Waals surface area contributed by atoms with Gasteiger partial charge in [-0.2, -0.15) is 0 Å². The fraction of sp³-hybridized carbons (Fsp3) is 0.587. The largest absolute Gasteiger partial charge is 0.467 e. The number of alkyl carbamates (subject to hydrolysis) is 1. The molecule has 63 heavy (non-hydrogen) atoms. The van der Waals surface area contributed by atoms with E-state index in [0.29, 0.717) is 32.2 Å². The van der Waals surface area contributed by atoms with Crippen LogP contribution in [0.25, 0.3) is 0 Å². The minimum Gasteiger partial charge on any atom is -0.467 e. The quantitative estimate of drug-likeness (QED) is 0.0799. The smallest absolute Gasteiger partial charge is 0.408 e. The number of benzene rings is 2.